The number of hydrogen-bond donors (Lipinski definition) is 2. The highest BCUT2D eigenvalue weighted by molar-refractivity contribution is 6.35. The maximum absolute atomic E-state index is 13.7. The van der Waals surface area contributed by atoms with Crippen molar-refractivity contribution < 1.29 is 19.1 Å². The van der Waals surface area contributed by atoms with E-state index in [1.165, 1.54) is 23.1 Å². The van der Waals surface area contributed by atoms with Gasteiger partial charge >= 0.3 is 11.8 Å². The number of likely N-dealkylation sites (tertiary alicyclic amines) is 1. The Labute approximate surface area is 150 Å². The second kappa shape index (κ2) is 7.65. The molecule has 2 heterocycles. The van der Waals surface area contributed by atoms with Crippen LogP contribution in [0.15, 0.2) is 36.7 Å². The highest BCUT2D eigenvalue weighted by Gasteiger charge is 2.30. The van der Waals surface area contributed by atoms with Crippen LogP contribution in [0.4, 0.5) is 4.39 Å². The third-order valence-electron chi connectivity index (χ3n) is 4.45. The molecule has 3 rings (SSSR count). The number of β-amino-alcohol motifs (C(OH)–C–C–N with tert-alkyl or cyclic N) is 1. The molecule has 0 aliphatic carbocycles. The quantitative estimate of drug-likeness (QED) is 0.791. The van der Waals surface area contributed by atoms with Crippen LogP contribution < -0.4 is 5.32 Å². The van der Waals surface area contributed by atoms with E-state index in [9.17, 15) is 19.1 Å². The van der Waals surface area contributed by atoms with Crippen molar-refractivity contribution in [1.82, 2.24) is 19.8 Å². The van der Waals surface area contributed by atoms with Crippen LogP contribution in [0.5, 0.6) is 0 Å². The highest BCUT2D eigenvalue weighted by Crippen LogP contribution is 2.21. The predicted molar refractivity (Wildman–Crippen MR) is 91.4 cm³/mol. The Morgan fingerprint density at radius 3 is 2.88 bits per heavy atom. The number of nitrogens with one attached hydrogen (secondary N) is 1. The lowest BCUT2D eigenvalue weighted by Gasteiger charge is -2.30. The number of carbonyl (C=O) groups is 2. The van der Waals surface area contributed by atoms with Crippen molar-refractivity contribution in [3.63, 3.8) is 0 Å². The summed E-state index contributed by atoms with van der Waals surface area (Å²) >= 11 is 0. The van der Waals surface area contributed by atoms with Crippen LogP contribution in [-0.2, 0) is 16.6 Å². The van der Waals surface area contributed by atoms with E-state index in [1.54, 1.807) is 30.1 Å². The largest absolute Gasteiger partial charge is 0.391 e. The molecule has 8 heteroatoms. The Morgan fingerprint density at radius 1 is 1.42 bits per heavy atom. The minimum absolute atomic E-state index is 0.138. The predicted octanol–water partition coefficient (Wildman–Crippen LogP) is 0.748. The van der Waals surface area contributed by atoms with Gasteiger partial charge in [-0.05, 0) is 30.5 Å². The third kappa shape index (κ3) is 3.91. The van der Waals surface area contributed by atoms with Crippen molar-refractivity contribution in [3.05, 3.63) is 53.9 Å². The number of hydrogen-bond acceptors (Lipinski definition) is 4. The van der Waals surface area contributed by atoms with Gasteiger partial charge in [0.15, 0.2) is 0 Å². The van der Waals surface area contributed by atoms with Crippen LogP contribution >= 0.6 is 0 Å². The fourth-order valence-electron chi connectivity index (χ4n) is 3.11. The number of benzene rings is 1. The fourth-order valence-corrected chi connectivity index (χ4v) is 3.11. The standard InChI is InChI=1S/C18H21FN4O3/c1-22-9-7-20-16(22)15(12-4-2-5-13(19)10-12)21-17(25)18(26)23-8-3-6-14(24)11-23/h2,4-5,7,9-10,14-15,24H,3,6,8,11H2,1H3,(H,21,25). The first-order valence-corrected chi connectivity index (χ1v) is 8.46. The minimum Gasteiger partial charge on any atom is -0.391 e. The van der Waals surface area contributed by atoms with E-state index < -0.39 is 29.8 Å². The van der Waals surface area contributed by atoms with E-state index in [2.05, 4.69) is 10.3 Å². The number of aryl methyl sites for hydroxylation is 1. The molecule has 0 spiro atoms. The molecule has 1 aromatic heterocycles. The molecule has 0 bridgehead atoms. The van der Waals surface area contributed by atoms with Crippen molar-refractivity contribution in [3.8, 4) is 0 Å². The minimum atomic E-state index is -0.809. The van der Waals surface area contributed by atoms with Crippen molar-refractivity contribution in [2.75, 3.05) is 13.1 Å². The molecule has 2 N–H and O–H groups in total. The molecular weight excluding hydrogens is 339 g/mol. The van der Waals surface area contributed by atoms with Crippen LogP contribution in [0.3, 0.4) is 0 Å². The van der Waals surface area contributed by atoms with Crippen LogP contribution in [-0.4, -0.2) is 50.6 Å². The smallest absolute Gasteiger partial charge is 0.311 e. The van der Waals surface area contributed by atoms with Crippen molar-refractivity contribution in [2.24, 2.45) is 7.05 Å². The summed E-state index contributed by atoms with van der Waals surface area (Å²) in [7, 11) is 1.75. The number of aliphatic hydroxyl groups is 1. The zero-order valence-corrected chi connectivity index (χ0v) is 14.4. The first kappa shape index (κ1) is 18.1. The van der Waals surface area contributed by atoms with Gasteiger partial charge in [0.05, 0.1) is 6.10 Å². The molecule has 2 unspecified atom stereocenters. The highest BCUT2D eigenvalue weighted by atomic mass is 19.1. The van der Waals surface area contributed by atoms with Crippen LogP contribution in [0.1, 0.15) is 30.3 Å². The molecule has 2 amide bonds. The summed E-state index contributed by atoms with van der Waals surface area (Å²) in [6, 6.07) is 5.04. The second-order valence-electron chi connectivity index (χ2n) is 6.41. The summed E-state index contributed by atoms with van der Waals surface area (Å²) in [6.07, 6.45) is 3.92. The van der Waals surface area contributed by atoms with E-state index in [0.29, 0.717) is 30.8 Å². The maximum Gasteiger partial charge on any atom is 0.311 e. The SMILES string of the molecule is Cn1ccnc1C(NC(=O)C(=O)N1CCCC(O)C1)c1cccc(F)c1. The van der Waals surface area contributed by atoms with Gasteiger partial charge in [0.2, 0.25) is 0 Å². The van der Waals surface area contributed by atoms with E-state index in [1.807, 2.05) is 0 Å². The number of aromatic nitrogens is 2. The zero-order valence-electron chi connectivity index (χ0n) is 14.4. The molecule has 0 saturated carbocycles. The number of amides is 2. The molecule has 2 atom stereocenters. The maximum atomic E-state index is 13.7. The first-order chi connectivity index (χ1) is 12.5. The number of nitrogens with zero attached hydrogens (tertiary/aromatic N) is 3. The van der Waals surface area contributed by atoms with Gasteiger partial charge in [-0.15, -0.1) is 0 Å². The lowest BCUT2D eigenvalue weighted by Crippen LogP contribution is -2.49. The first-order valence-electron chi connectivity index (χ1n) is 8.46. The van der Waals surface area contributed by atoms with E-state index in [0.717, 1.165) is 0 Å². The number of rotatable bonds is 3. The molecule has 1 fully saturated rings. The molecule has 1 aromatic carbocycles. The molecule has 0 radical (unpaired) electrons. The van der Waals surface area contributed by atoms with Gasteiger partial charge in [0.1, 0.15) is 17.7 Å². The van der Waals surface area contributed by atoms with Crippen LogP contribution in [0.2, 0.25) is 0 Å². The Hall–Kier alpha value is -2.74. The zero-order chi connectivity index (χ0) is 18.7. The molecule has 1 saturated heterocycles. The van der Waals surface area contributed by atoms with Gasteiger partial charge < -0.3 is 19.9 Å². The Balaban J connectivity index is 1.83. The van der Waals surface area contributed by atoms with Crippen molar-refractivity contribution >= 4 is 11.8 Å². The average molecular weight is 360 g/mol. The summed E-state index contributed by atoms with van der Waals surface area (Å²) in [5, 5.41) is 12.4. The van der Waals surface area contributed by atoms with Crippen LogP contribution in [0, 0.1) is 5.82 Å². The Kier molecular flexibility index (Phi) is 5.32. The monoisotopic (exact) mass is 360 g/mol. The van der Waals surface area contributed by atoms with Gasteiger partial charge in [0.25, 0.3) is 0 Å². The molecular formula is C18H21FN4O3. The van der Waals surface area contributed by atoms with E-state index in [-0.39, 0.29) is 6.54 Å². The number of halogens is 1. The topological polar surface area (TPSA) is 87.5 Å². The van der Waals surface area contributed by atoms with E-state index in [4.69, 9.17) is 0 Å². The molecule has 1 aliphatic rings. The summed E-state index contributed by atoms with van der Waals surface area (Å²) in [4.78, 5) is 30.5. The molecule has 26 heavy (non-hydrogen) atoms. The van der Waals surface area contributed by atoms with Crippen molar-refractivity contribution in [1.29, 1.82) is 0 Å². The average Bonchev–Trinajstić information content (AvgIpc) is 3.04. The van der Waals surface area contributed by atoms with Gasteiger partial charge in [-0.3, -0.25) is 9.59 Å². The number of piperidine rings is 1. The molecule has 138 valence electrons. The number of aliphatic hydroxyl groups excluding tert-OH is 1. The number of imidazole rings is 1. The van der Waals surface area contributed by atoms with Gasteiger partial charge in [-0.1, -0.05) is 12.1 Å². The summed E-state index contributed by atoms with van der Waals surface area (Å²) < 4.78 is 15.4. The lowest BCUT2D eigenvalue weighted by atomic mass is 10.1. The fraction of sp³-hybridized carbons (Fsp3) is 0.389. The second-order valence-corrected chi connectivity index (χ2v) is 6.41. The number of carbonyl (C=O) groups excluding carboxylic acids is 2. The Bertz CT molecular complexity index is 807. The van der Waals surface area contributed by atoms with Crippen LogP contribution in [0.25, 0.3) is 0 Å². The van der Waals surface area contributed by atoms with E-state index >= 15 is 0 Å². The normalized spacial score (nSPS) is 18.4. The molecule has 1 aliphatic heterocycles. The molecule has 7 nitrogen and oxygen atoms in total. The molecule has 2 aromatic rings. The summed E-state index contributed by atoms with van der Waals surface area (Å²) in [5.41, 5.74) is 0.485. The summed E-state index contributed by atoms with van der Waals surface area (Å²) in [6.45, 7) is 0.565. The Morgan fingerprint density at radius 2 is 2.23 bits per heavy atom. The third-order valence-corrected chi connectivity index (χ3v) is 4.45. The van der Waals surface area contributed by atoms with Gasteiger partial charge in [0, 0.05) is 32.5 Å². The van der Waals surface area contributed by atoms with Gasteiger partial charge in [-0.2, -0.15) is 0 Å². The summed E-state index contributed by atoms with van der Waals surface area (Å²) in [5.74, 6) is -1.48. The lowest BCUT2D eigenvalue weighted by molar-refractivity contribution is -0.148. The van der Waals surface area contributed by atoms with Crippen molar-refractivity contribution in [2.45, 2.75) is 25.0 Å². The van der Waals surface area contributed by atoms with Gasteiger partial charge in [-0.25, -0.2) is 9.37 Å².